The molecule has 0 aromatic heterocycles. The largest absolute Gasteiger partial charge is 0.416 e. The molecule has 1 N–H and O–H groups in total. The van der Waals surface area contributed by atoms with E-state index in [0.29, 0.717) is 19.8 Å². The van der Waals surface area contributed by atoms with E-state index in [-0.39, 0.29) is 12.1 Å². The Morgan fingerprint density at radius 1 is 1.17 bits per heavy atom. The predicted octanol–water partition coefficient (Wildman–Crippen LogP) is 3.22. The number of hydrogen-bond donors (Lipinski definition) is 1. The van der Waals surface area contributed by atoms with Gasteiger partial charge < -0.3 is 10.1 Å². The zero-order chi connectivity index (χ0) is 13.4. The fourth-order valence-electron chi connectivity index (χ4n) is 1.56. The molecular weight excluding hydrogens is 243 g/mol. The highest BCUT2D eigenvalue weighted by Crippen LogP contribution is 2.31. The summed E-state index contributed by atoms with van der Waals surface area (Å²) in [5.41, 5.74) is -0.313. The van der Waals surface area contributed by atoms with E-state index in [2.05, 4.69) is 5.32 Å². The van der Waals surface area contributed by atoms with E-state index in [1.165, 1.54) is 12.1 Å². The normalized spacial score (nSPS) is 11.8. The van der Waals surface area contributed by atoms with E-state index in [1.54, 1.807) is 6.07 Å². The van der Waals surface area contributed by atoms with Crippen molar-refractivity contribution in [3.63, 3.8) is 0 Å². The minimum absolute atomic E-state index is 0.200. The number of ether oxygens (including phenoxy) is 1. The van der Waals surface area contributed by atoms with Gasteiger partial charge in [-0.3, -0.25) is 0 Å². The molecule has 0 aliphatic heterocycles. The van der Waals surface area contributed by atoms with Crippen LogP contribution in [0.1, 0.15) is 24.5 Å². The van der Waals surface area contributed by atoms with Crippen LogP contribution in [-0.4, -0.2) is 19.8 Å². The maximum Gasteiger partial charge on any atom is 0.416 e. The summed E-state index contributed by atoms with van der Waals surface area (Å²) in [5.74, 6) is 0. The fourth-order valence-corrected chi connectivity index (χ4v) is 1.56. The van der Waals surface area contributed by atoms with Gasteiger partial charge >= 0.3 is 6.18 Å². The predicted molar refractivity (Wildman–Crippen MR) is 64.3 cm³/mol. The summed E-state index contributed by atoms with van der Waals surface area (Å²) < 4.78 is 43.2. The molecule has 1 rings (SSSR count). The van der Waals surface area contributed by atoms with E-state index < -0.39 is 11.7 Å². The van der Waals surface area contributed by atoms with Crippen molar-refractivity contribution in [3.05, 3.63) is 35.4 Å². The first-order valence-electron chi connectivity index (χ1n) is 5.99. The third-order valence-electron chi connectivity index (χ3n) is 2.41. The van der Waals surface area contributed by atoms with Crippen LogP contribution in [-0.2, 0) is 17.5 Å². The molecule has 1 aromatic carbocycles. The summed E-state index contributed by atoms with van der Waals surface area (Å²) in [6.07, 6.45) is -3.35. The Bertz CT molecular complexity index is 352. The fraction of sp³-hybridized carbons (Fsp3) is 0.538. The smallest absolute Gasteiger partial charge is 0.380 e. The lowest BCUT2D eigenvalue weighted by Crippen LogP contribution is -2.21. The number of halogens is 3. The topological polar surface area (TPSA) is 21.3 Å². The molecule has 2 nitrogen and oxygen atoms in total. The Kier molecular flexibility index (Phi) is 6.15. The van der Waals surface area contributed by atoms with E-state index >= 15 is 0 Å². The molecule has 1 aromatic rings. The van der Waals surface area contributed by atoms with Crippen molar-refractivity contribution in [3.8, 4) is 0 Å². The summed E-state index contributed by atoms with van der Waals surface area (Å²) in [5, 5.41) is 2.95. The van der Waals surface area contributed by atoms with Crippen molar-refractivity contribution in [2.45, 2.75) is 26.1 Å². The molecule has 0 saturated carbocycles. The quantitative estimate of drug-likeness (QED) is 0.761. The van der Waals surface area contributed by atoms with E-state index in [1.807, 2.05) is 6.92 Å². The van der Waals surface area contributed by atoms with Gasteiger partial charge in [0.25, 0.3) is 0 Å². The van der Waals surface area contributed by atoms with Gasteiger partial charge in [0.1, 0.15) is 0 Å². The van der Waals surface area contributed by atoms with Crippen molar-refractivity contribution < 1.29 is 17.9 Å². The SMILES string of the molecule is CCCOCCNCc1ccccc1C(F)(F)F. The van der Waals surface area contributed by atoms with Crippen LogP contribution < -0.4 is 5.32 Å². The lowest BCUT2D eigenvalue weighted by molar-refractivity contribution is -0.138. The Morgan fingerprint density at radius 3 is 2.56 bits per heavy atom. The Hall–Kier alpha value is -1.07. The summed E-state index contributed by atoms with van der Waals surface area (Å²) in [7, 11) is 0. The second kappa shape index (κ2) is 7.38. The van der Waals surface area contributed by atoms with Crippen LogP contribution in [0, 0.1) is 0 Å². The van der Waals surface area contributed by atoms with Gasteiger partial charge in [0, 0.05) is 19.7 Å². The average Bonchev–Trinajstić information content (AvgIpc) is 2.33. The molecule has 0 heterocycles. The maximum absolute atomic E-state index is 12.7. The van der Waals surface area contributed by atoms with Gasteiger partial charge in [0.15, 0.2) is 0 Å². The number of benzene rings is 1. The van der Waals surface area contributed by atoms with Crippen LogP contribution in [0.2, 0.25) is 0 Å². The minimum atomic E-state index is -4.29. The third kappa shape index (κ3) is 5.06. The highest BCUT2D eigenvalue weighted by molar-refractivity contribution is 5.29. The zero-order valence-corrected chi connectivity index (χ0v) is 10.4. The molecule has 0 radical (unpaired) electrons. The van der Waals surface area contributed by atoms with Gasteiger partial charge in [0.05, 0.1) is 12.2 Å². The Balaban J connectivity index is 2.43. The first-order valence-corrected chi connectivity index (χ1v) is 5.99. The van der Waals surface area contributed by atoms with Crippen LogP contribution in [0.3, 0.4) is 0 Å². The number of alkyl halides is 3. The van der Waals surface area contributed by atoms with Gasteiger partial charge in [-0.25, -0.2) is 0 Å². The number of rotatable bonds is 7. The molecule has 0 fully saturated rings. The van der Waals surface area contributed by atoms with Crippen LogP contribution in [0.25, 0.3) is 0 Å². The Labute approximate surface area is 105 Å². The molecule has 0 unspecified atom stereocenters. The molecule has 5 heteroatoms. The average molecular weight is 261 g/mol. The highest BCUT2D eigenvalue weighted by atomic mass is 19.4. The van der Waals surface area contributed by atoms with Crippen molar-refractivity contribution in [2.24, 2.45) is 0 Å². The van der Waals surface area contributed by atoms with Crippen molar-refractivity contribution in [2.75, 3.05) is 19.8 Å². The van der Waals surface area contributed by atoms with Gasteiger partial charge in [-0.1, -0.05) is 25.1 Å². The molecule has 0 spiro atoms. The van der Waals surface area contributed by atoms with Crippen molar-refractivity contribution in [1.29, 1.82) is 0 Å². The van der Waals surface area contributed by atoms with Crippen LogP contribution in [0.15, 0.2) is 24.3 Å². The standard InChI is InChI=1S/C13H18F3NO/c1-2-8-18-9-7-17-10-11-5-3-4-6-12(11)13(14,15)16/h3-6,17H,2,7-10H2,1H3. The van der Waals surface area contributed by atoms with Crippen LogP contribution in [0.5, 0.6) is 0 Å². The zero-order valence-electron chi connectivity index (χ0n) is 10.4. The van der Waals surface area contributed by atoms with E-state index in [0.717, 1.165) is 12.5 Å². The maximum atomic E-state index is 12.7. The number of hydrogen-bond acceptors (Lipinski definition) is 2. The van der Waals surface area contributed by atoms with E-state index in [4.69, 9.17) is 4.74 Å². The van der Waals surface area contributed by atoms with Gasteiger partial charge in [-0.2, -0.15) is 13.2 Å². The van der Waals surface area contributed by atoms with Crippen molar-refractivity contribution in [1.82, 2.24) is 5.32 Å². The molecule has 0 bridgehead atoms. The van der Waals surface area contributed by atoms with Gasteiger partial charge in [0.2, 0.25) is 0 Å². The first kappa shape index (κ1) is 15.0. The summed E-state index contributed by atoms with van der Waals surface area (Å²) >= 11 is 0. The van der Waals surface area contributed by atoms with Crippen LogP contribution >= 0.6 is 0 Å². The summed E-state index contributed by atoms with van der Waals surface area (Å²) in [6, 6.07) is 5.60. The summed E-state index contributed by atoms with van der Waals surface area (Å²) in [6.45, 7) is 3.95. The second-order valence-electron chi connectivity index (χ2n) is 3.94. The summed E-state index contributed by atoms with van der Waals surface area (Å²) in [4.78, 5) is 0. The monoisotopic (exact) mass is 261 g/mol. The molecule has 102 valence electrons. The molecule has 0 atom stereocenters. The van der Waals surface area contributed by atoms with Gasteiger partial charge in [-0.05, 0) is 18.1 Å². The lowest BCUT2D eigenvalue weighted by atomic mass is 10.1. The Morgan fingerprint density at radius 2 is 1.89 bits per heavy atom. The third-order valence-corrected chi connectivity index (χ3v) is 2.41. The molecule has 0 aliphatic carbocycles. The lowest BCUT2D eigenvalue weighted by Gasteiger charge is -2.13. The molecule has 0 amide bonds. The van der Waals surface area contributed by atoms with Crippen molar-refractivity contribution >= 4 is 0 Å². The molecule has 18 heavy (non-hydrogen) atoms. The second-order valence-corrected chi connectivity index (χ2v) is 3.94. The number of nitrogens with one attached hydrogen (secondary N) is 1. The minimum Gasteiger partial charge on any atom is -0.380 e. The highest BCUT2D eigenvalue weighted by Gasteiger charge is 2.32. The molecule has 0 aliphatic rings. The molecular formula is C13H18F3NO. The van der Waals surface area contributed by atoms with Crippen LogP contribution in [0.4, 0.5) is 13.2 Å². The van der Waals surface area contributed by atoms with Gasteiger partial charge in [-0.15, -0.1) is 0 Å². The van der Waals surface area contributed by atoms with E-state index in [9.17, 15) is 13.2 Å². The molecule has 0 saturated heterocycles. The first-order chi connectivity index (χ1) is 8.55.